The SMILES string of the molecule is CCNCCCN1C(=O)c2c#cccc2C1=O. The van der Waals surface area contributed by atoms with Crippen LogP contribution < -0.4 is 5.32 Å². The van der Waals surface area contributed by atoms with Crippen molar-refractivity contribution in [1.82, 2.24) is 10.2 Å². The summed E-state index contributed by atoms with van der Waals surface area (Å²) < 4.78 is 0. The Hall–Kier alpha value is -1.86. The van der Waals surface area contributed by atoms with Gasteiger partial charge in [0, 0.05) is 6.54 Å². The summed E-state index contributed by atoms with van der Waals surface area (Å²) in [5.74, 6) is -0.468. The number of hydrogen-bond donors (Lipinski definition) is 1. The summed E-state index contributed by atoms with van der Waals surface area (Å²) in [5, 5.41) is 3.16. The van der Waals surface area contributed by atoms with E-state index in [0.717, 1.165) is 19.5 Å². The maximum absolute atomic E-state index is 11.9. The van der Waals surface area contributed by atoms with E-state index in [1.54, 1.807) is 12.1 Å². The zero-order valence-electron chi connectivity index (χ0n) is 9.75. The van der Waals surface area contributed by atoms with Gasteiger partial charge in [-0.25, -0.2) is 0 Å². The number of nitrogens with one attached hydrogen (secondary N) is 1. The molecule has 0 saturated carbocycles. The summed E-state index contributed by atoms with van der Waals surface area (Å²) in [7, 11) is 0. The molecule has 1 aliphatic heterocycles. The largest absolute Gasteiger partial charge is 0.317 e. The van der Waals surface area contributed by atoms with Crippen molar-refractivity contribution in [3.63, 3.8) is 0 Å². The minimum absolute atomic E-state index is 0.216. The molecule has 1 aliphatic rings. The molecule has 88 valence electrons. The lowest BCUT2D eigenvalue weighted by molar-refractivity contribution is 0.0652. The lowest BCUT2D eigenvalue weighted by atomic mass is 10.2. The van der Waals surface area contributed by atoms with Crippen molar-refractivity contribution >= 4 is 11.8 Å². The van der Waals surface area contributed by atoms with E-state index in [1.807, 2.05) is 6.92 Å². The summed E-state index contributed by atoms with van der Waals surface area (Å²) in [6.07, 6.45) is 0.767. The summed E-state index contributed by atoms with van der Waals surface area (Å²) in [5.41, 5.74) is 0.790. The molecule has 0 atom stereocenters. The highest BCUT2D eigenvalue weighted by molar-refractivity contribution is 6.20. The standard InChI is InChI=1S/C13H14N2O2/c1-2-14-8-5-9-15-12(16)10-6-3-4-7-11(10)13(15)17/h3,6,14H,2,5,8-9H2,1H3. The number of hydrogen-bond acceptors (Lipinski definition) is 3. The fourth-order valence-electron chi connectivity index (χ4n) is 1.85. The van der Waals surface area contributed by atoms with Crippen LogP contribution in [-0.4, -0.2) is 36.3 Å². The van der Waals surface area contributed by atoms with Gasteiger partial charge in [0.1, 0.15) is 5.56 Å². The predicted octanol–water partition coefficient (Wildman–Crippen LogP) is 0.883. The predicted molar refractivity (Wildman–Crippen MR) is 62.6 cm³/mol. The number of carbonyl (C=O) groups is 2. The molecular weight excluding hydrogens is 216 g/mol. The first-order valence-electron chi connectivity index (χ1n) is 5.75. The van der Waals surface area contributed by atoms with Crippen molar-refractivity contribution in [3.05, 3.63) is 35.4 Å². The van der Waals surface area contributed by atoms with Gasteiger partial charge in [0.25, 0.3) is 11.8 Å². The van der Waals surface area contributed by atoms with E-state index >= 15 is 0 Å². The van der Waals surface area contributed by atoms with E-state index in [2.05, 4.69) is 17.4 Å². The molecular formula is C13H14N2O2. The monoisotopic (exact) mass is 230 g/mol. The Balaban J connectivity index is 2.03. The molecule has 1 N–H and O–H groups in total. The number of imide groups is 1. The molecule has 0 saturated heterocycles. The van der Waals surface area contributed by atoms with E-state index in [9.17, 15) is 9.59 Å². The van der Waals surface area contributed by atoms with Crippen LogP contribution in [0.5, 0.6) is 0 Å². The van der Waals surface area contributed by atoms with Gasteiger partial charge in [-0.2, -0.15) is 0 Å². The van der Waals surface area contributed by atoms with E-state index in [4.69, 9.17) is 0 Å². The van der Waals surface area contributed by atoms with Gasteiger partial charge in [0.2, 0.25) is 0 Å². The normalized spacial score (nSPS) is 13.8. The van der Waals surface area contributed by atoms with E-state index in [-0.39, 0.29) is 11.8 Å². The van der Waals surface area contributed by atoms with Gasteiger partial charge in [-0.05, 0) is 31.6 Å². The van der Waals surface area contributed by atoms with Crippen LogP contribution in [0, 0.1) is 12.1 Å². The quantitative estimate of drug-likeness (QED) is 0.603. The zero-order valence-corrected chi connectivity index (χ0v) is 9.75. The van der Waals surface area contributed by atoms with Crippen molar-refractivity contribution in [1.29, 1.82) is 0 Å². The molecule has 4 nitrogen and oxygen atoms in total. The van der Waals surface area contributed by atoms with Crippen LogP contribution in [0.4, 0.5) is 0 Å². The Morgan fingerprint density at radius 1 is 1.35 bits per heavy atom. The molecule has 2 amide bonds. The van der Waals surface area contributed by atoms with Crippen LogP contribution in [-0.2, 0) is 0 Å². The van der Waals surface area contributed by atoms with Crippen LogP contribution in [0.2, 0.25) is 0 Å². The average molecular weight is 230 g/mol. The Labute approximate surface area is 101 Å². The number of rotatable bonds is 5. The third-order valence-corrected chi connectivity index (χ3v) is 2.72. The maximum atomic E-state index is 11.9. The highest BCUT2D eigenvalue weighted by Gasteiger charge is 2.34. The second-order valence-electron chi connectivity index (χ2n) is 3.86. The molecule has 2 rings (SSSR count). The molecule has 1 aromatic rings. The fraction of sp³-hybridized carbons (Fsp3) is 0.385. The third kappa shape index (κ3) is 2.15. The number of nitrogens with zero attached hydrogens (tertiary/aromatic N) is 1. The lowest BCUT2D eigenvalue weighted by Crippen LogP contribution is -2.32. The van der Waals surface area contributed by atoms with Crippen LogP contribution in [0.3, 0.4) is 0 Å². The molecule has 1 aromatic carbocycles. The van der Waals surface area contributed by atoms with Crippen molar-refractivity contribution in [2.75, 3.05) is 19.6 Å². The Bertz CT molecular complexity index is 408. The molecule has 0 fully saturated rings. The van der Waals surface area contributed by atoms with E-state index in [0.29, 0.717) is 17.7 Å². The van der Waals surface area contributed by atoms with Gasteiger partial charge in [-0.3, -0.25) is 14.5 Å². The number of amides is 2. The zero-order chi connectivity index (χ0) is 12.3. The topological polar surface area (TPSA) is 49.4 Å². The van der Waals surface area contributed by atoms with Crippen LogP contribution >= 0.6 is 0 Å². The molecule has 4 heteroatoms. The first kappa shape index (κ1) is 11.6. The molecule has 0 spiro atoms. The highest BCUT2D eigenvalue weighted by Crippen LogP contribution is 2.20. The number of carbonyl (C=O) groups excluding carboxylic acids is 2. The molecule has 17 heavy (non-hydrogen) atoms. The van der Waals surface area contributed by atoms with Gasteiger partial charge in [0.05, 0.1) is 5.56 Å². The maximum Gasteiger partial charge on any atom is 0.270 e. The molecule has 0 unspecified atom stereocenters. The summed E-state index contributed by atoms with van der Waals surface area (Å²) >= 11 is 0. The number of fused-ring (bicyclic) bond motifs is 1. The molecule has 0 aromatic heterocycles. The Morgan fingerprint density at radius 3 is 2.88 bits per heavy atom. The first-order chi connectivity index (χ1) is 8.25. The Kier molecular flexibility index (Phi) is 3.40. The van der Waals surface area contributed by atoms with Gasteiger partial charge in [-0.1, -0.05) is 19.1 Å². The van der Waals surface area contributed by atoms with Crippen molar-refractivity contribution in [2.45, 2.75) is 13.3 Å². The van der Waals surface area contributed by atoms with Gasteiger partial charge < -0.3 is 5.32 Å². The van der Waals surface area contributed by atoms with E-state index < -0.39 is 0 Å². The second kappa shape index (κ2) is 4.98. The first-order valence-corrected chi connectivity index (χ1v) is 5.75. The molecule has 1 heterocycles. The molecule has 0 radical (unpaired) electrons. The third-order valence-electron chi connectivity index (χ3n) is 2.72. The second-order valence-corrected chi connectivity index (χ2v) is 3.86. The minimum Gasteiger partial charge on any atom is -0.317 e. The minimum atomic E-state index is -0.252. The van der Waals surface area contributed by atoms with Crippen molar-refractivity contribution < 1.29 is 9.59 Å². The fourth-order valence-corrected chi connectivity index (χ4v) is 1.85. The van der Waals surface area contributed by atoms with Crippen LogP contribution in [0.15, 0.2) is 12.1 Å². The highest BCUT2D eigenvalue weighted by atomic mass is 16.2. The van der Waals surface area contributed by atoms with Crippen LogP contribution in [0.25, 0.3) is 0 Å². The van der Waals surface area contributed by atoms with Crippen molar-refractivity contribution in [3.8, 4) is 0 Å². The van der Waals surface area contributed by atoms with Crippen molar-refractivity contribution in [2.24, 2.45) is 0 Å². The summed E-state index contributed by atoms with van der Waals surface area (Å²) in [4.78, 5) is 25.1. The lowest BCUT2D eigenvalue weighted by Gasteiger charge is -2.13. The van der Waals surface area contributed by atoms with E-state index in [1.165, 1.54) is 4.90 Å². The van der Waals surface area contributed by atoms with Crippen LogP contribution in [0.1, 0.15) is 34.1 Å². The molecule has 0 aliphatic carbocycles. The van der Waals surface area contributed by atoms with Gasteiger partial charge in [0.15, 0.2) is 0 Å². The average Bonchev–Trinajstić information content (AvgIpc) is 2.60. The smallest absolute Gasteiger partial charge is 0.270 e. The Morgan fingerprint density at radius 2 is 2.18 bits per heavy atom. The summed E-state index contributed by atoms with van der Waals surface area (Å²) in [6.45, 7) is 4.17. The molecule has 0 bridgehead atoms. The van der Waals surface area contributed by atoms with Gasteiger partial charge in [-0.15, -0.1) is 0 Å². The van der Waals surface area contributed by atoms with Gasteiger partial charge >= 0.3 is 0 Å². The summed E-state index contributed by atoms with van der Waals surface area (Å²) in [6, 6.07) is 8.64.